The van der Waals surface area contributed by atoms with Crippen molar-refractivity contribution in [3.05, 3.63) is 101 Å². The van der Waals surface area contributed by atoms with Crippen LogP contribution in [0.25, 0.3) is 0 Å². The third-order valence-corrected chi connectivity index (χ3v) is 7.01. The molecule has 3 aliphatic carbocycles. The monoisotopic (exact) mass is 424 g/mol. The van der Waals surface area contributed by atoms with E-state index in [0.29, 0.717) is 5.75 Å². The van der Waals surface area contributed by atoms with Crippen LogP contribution in [0.2, 0.25) is 0 Å². The Morgan fingerprint density at radius 2 is 1.19 bits per heavy atom. The summed E-state index contributed by atoms with van der Waals surface area (Å²) >= 11 is 0. The zero-order chi connectivity index (χ0) is 22.0. The predicted octanol–water partition coefficient (Wildman–Crippen LogP) is 3.23. The van der Waals surface area contributed by atoms with E-state index in [0.717, 1.165) is 27.3 Å². The molecule has 1 aliphatic heterocycles. The number of nitrogens with zero attached hydrogens (tertiary/aromatic N) is 1. The lowest BCUT2D eigenvalue weighted by molar-refractivity contribution is -0.142. The Labute approximate surface area is 184 Å². The summed E-state index contributed by atoms with van der Waals surface area (Å²) in [6.07, 6.45) is 0. The lowest BCUT2D eigenvalue weighted by Gasteiger charge is -2.45. The normalized spacial score (nSPS) is 24.6. The summed E-state index contributed by atoms with van der Waals surface area (Å²) in [5.74, 6) is -2.37. The molecular weight excluding hydrogens is 404 g/mol. The number of carbonyl (C=O) groups is 3. The zero-order valence-electron chi connectivity index (χ0n) is 17.3. The van der Waals surface area contributed by atoms with Gasteiger partial charge in [-0.2, -0.15) is 5.01 Å². The molecule has 3 aromatic rings. The maximum absolute atomic E-state index is 13.5. The number of carbonyl (C=O) groups excluding carboxylic acids is 3. The van der Waals surface area contributed by atoms with Gasteiger partial charge >= 0.3 is 0 Å². The Hall–Kier alpha value is -3.93. The molecule has 0 aromatic heterocycles. The van der Waals surface area contributed by atoms with E-state index in [-0.39, 0.29) is 29.2 Å². The standard InChI is InChI=1S/C26H20N2O4/c1-32-19-13-7-6-12-18(19)24(29)27-28-25(30)22-20-14-8-2-3-9-15(14)21(23(22)26(28)31)17-11-5-4-10-16(17)20/h2-13,20-23H,1H3,(H,27,29). The number of amides is 3. The average molecular weight is 424 g/mol. The second-order valence-corrected chi connectivity index (χ2v) is 8.42. The molecule has 2 unspecified atom stereocenters. The lowest BCUT2D eigenvalue weighted by Crippen LogP contribution is -2.46. The van der Waals surface area contributed by atoms with Crippen molar-refractivity contribution < 1.29 is 19.1 Å². The minimum atomic E-state index is -0.551. The molecule has 6 heteroatoms. The Morgan fingerprint density at radius 3 is 1.66 bits per heavy atom. The van der Waals surface area contributed by atoms with Crippen LogP contribution in [0.3, 0.4) is 0 Å². The number of benzene rings is 3. The van der Waals surface area contributed by atoms with Gasteiger partial charge in [0.25, 0.3) is 17.7 Å². The van der Waals surface area contributed by atoms with Gasteiger partial charge in [0, 0.05) is 11.8 Å². The van der Waals surface area contributed by atoms with Crippen LogP contribution in [-0.2, 0) is 9.59 Å². The first-order valence-electron chi connectivity index (χ1n) is 10.6. The van der Waals surface area contributed by atoms with Crippen LogP contribution < -0.4 is 10.2 Å². The van der Waals surface area contributed by atoms with Crippen LogP contribution in [0.15, 0.2) is 72.8 Å². The second-order valence-electron chi connectivity index (χ2n) is 8.42. The van der Waals surface area contributed by atoms with Crippen LogP contribution in [0.4, 0.5) is 0 Å². The third kappa shape index (κ3) is 2.37. The van der Waals surface area contributed by atoms with Gasteiger partial charge in [0.05, 0.1) is 24.5 Å². The highest BCUT2D eigenvalue weighted by molar-refractivity contribution is 6.10. The first kappa shape index (κ1) is 18.8. The Kier molecular flexibility index (Phi) is 3.99. The molecule has 1 N–H and O–H groups in total. The number of rotatable bonds is 3. The molecule has 1 fully saturated rings. The average Bonchev–Trinajstić information content (AvgIpc) is 3.09. The summed E-state index contributed by atoms with van der Waals surface area (Å²) in [6.45, 7) is 0. The lowest BCUT2D eigenvalue weighted by atomic mass is 9.55. The van der Waals surface area contributed by atoms with Crippen LogP contribution in [0, 0.1) is 11.8 Å². The largest absolute Gasteiger partial charge is 0.496 e. The number of hydrogen-bond acceptors (Lipinski definition) is 4. The highest BCUT2D eigenvalue weighted by atomic mass is 16.5. The number of imide groups is 1. The fourth-order valence-corrected chi connectivity index (χ4v) is 5.78. The molecule has 7 rings (SSSR count). The van der Waals surface area contributed by atoms with Gasteiger partial charge in [0.1, 0.15) is 5.75 Å². The highest BCUT2D eigenvalue weighted by Crippen LogP contribution is 2.60. The maximum atomic E-state index is 13.5. The number of ether oxygens (including phenoxy) is 1. The molecule has 0 radical (unpaired) electrons. The number of nitrogens with one attached hydrogen (secondary N) is 1. The molecule has 0 spiro atoms. The summed E-state index contributed by atoms with van der Waals surface area (Å²) in [7, 11) is 1.47. The van der Waals surface area contributed by atoms with Crippen molar-refractivity contribution in [3.63, 3.8) is 0 Å². The van der Waals surface area contributed by atoms with Gasteiger partial charge in [-0.15, -0.1) is 0 Å². The molecular formula is C26H20N2O4. The van der Waals surface area contributed by atoms with Crippen LogP contribution >= 0.6 is 0 Å². The second kappa shape index (κ2) is 6.79. The van der Waals surface area contributed by atoms with E-state index in [2.05, 4.69) is 5.43 Å². The number of methoxy groups -OCH3 is 1. The van der Waals surface area contributed by atoms with E-state index in [1.54, 1.807) is 24.3 Å². The molecule has 3 aromatic carbocycles. The molecule has 32 heavy (non-hydrogen) atoms. The van der Waals surface area contributed by atoms with E-state index in [1.165, 1.54) is 7.11 Å². The quantitative estimate of drug-likeness (QED) is 0.655. The zero-order valence-corrected chi connectivity index (χ0v) is 17.3. The van der Waals surface area contributed by atoms with Gasteiger partial charge < -0.3 is 4.74 Å². The molecule has 2 atom stereocenters. The van der Waals surface area contributed by atoms with Crippen molar-refractivity contribution in [2.75, 3.05) is 7.11 Å². The van der Waals surface area contributed by atoms with Gasteiger partial charge in [-0.1, -0.05) is 60.7 Å². The van der Waals surface area contributed by atoms with E-state index < -0.39 is 17.7 Å². The van der Waals surface area contributed by atoms with Crippen molar-refractivity contribution >= 4 is 17.7 Å². The molecule has 158 valence electrons. The number of para-hydroxylation sites is 1. The predicted molar refractivity (Wildman–Crippen MR) is 116 cm³/mol. The van der Waals surface area contributed by atoms with E-state index in [1.807, 2.05) is 48.5 Å². The van der Waals surface area contributed by atoms with Crippen molar-refractivity contribution in [1.29, 1.82) is 0 Å². The van der Waals surface area contributed by atoms with Crippen molar-refractivity contribution in [2.24, 2.45) is 11.8 Å². The number of hydrazine groups is 1. The van der Waals surface area contributed by atoms with Gasteiger partial charge in [0.2, 0.25) is 0 Å². The van der Waals surface area contributed by atoms with Crippen molar-refractivity contribution in [1.82, 2.24) is 10.4 Å². The minimum Gasteiger partial charge on any atom is -0.496 e. The summed E-state index contributed by atoms with van der Waals surface area (Å²) in [5, 5.41) is 0.932. The van der Waals surface area contributed by atoms with Crippen molar-refractivity contribution in [2.45, 2.75) is 11.8 Å². The molecule has 3 amide bonds. The van der Waals surface area contributed by atoms with Crippen molar-refractivity contribution in [3.8, 4) is 5.75 Å². The molecule has 6 nitrogen and oxygen atoms in total. The molecule has 1 heterocycles. The third-order valence-electron chi connectivity index (χ3n) is 7.01. The van der Waals surface area contributed by atoms with Gasteiger partial charge in [-0.25, -0.2) is 0 Å². The van der Waals surface area contributed by atoms with Crippen LogP contribution in [-0.4, -0.2) is 29.8 Å². The van der Waals surface area contributed by atoms with E-state index in [4.69, 9.17) is 4.74 Å². The first-order chi connectivity index (χ1) is 15.6. The van der Waals surface area contributed by atoms with E-state index >= 15 is 0 Å². The van der Waals surface area contributed by atoms with Crippen LogP contribution in [0.5, 0.6) is 5.75 Å². The van der Waals surface area contributed by atoms with Crippen LogP contribution in [0.1, 0.15) is 44.4 Å². The highest BCUT2D eigenvalue weighted by Gasteiger charge is 2.62. The minimum absolute atomic E-state index is 0.206. The smallest absolute Gasteiger partial charge is 0.274 e. The number of hydrogen-bond donors (Lipinski definition) is 1. The summed E-state index contributed by atoms with van der Waals surface area (Å²) in [4.78, 5) is 40.0. The molecule has 1 saturated heterocycles. The fraction of sp³-hybridized carbons (Fsp3) is 0.192. The van der Waals surface area contributed by atoms with Gasteiger partial charge in [0.15, 0.2) is 0 Å². The Morgan fingerprint density at radius 1 is 0.750 bits per heavy atom. The summed E-state index contributed by atoms with van der Waals surface area (Å²) < 4.78 is 5.26. The maximum Gasteiger partial charge on any atom is 0.274 e. The molecule has 0 saturated carbocycles. The van der Waals surface area contributed by atoms with Gasteiger partial charge in [-0.3, -0.25) is 19.8 Å². The summed E-state index contributed by atoms with van der Waals surface area (Å²) in [5.41, 5.74) is 7.20. The molecule has 4 aliphatic rings. The van der Waals surface area contributed by atoms with E-state index in [9.17, 15) is 14.4 Å². The topological polar surface area (TPSA) is 75.7 Å². The summed E-state index contributed by atoms with van der Waals surface area (Å²) in [6, 6.07) is 22.8. The molecule has 2 bridgehead atoms. The Bertz CT molecular complexity index is 1180. The van der Waals surface area contributed by atoms with Gasteiger partial charge in [-0.05, 0) is 34.4 Å². The first-order valence-corrected chi connectivity index (χ1v) is 10.6. The fourth-order valence-electron chi connectivity index (χ4n) is 5.78. The SMILES string of the molecule is COc1ccccc1C(=O)NN1C(=O)C2C3c4ccccc4C(c4ccccc43)C2C1=O. The Balaban J connectivity index is 1.41.